The van der Waals surface area contributed by atoms with Gasteiger partial charge in [0, 0.05) is 25.4 Å². The van der Waals surface area contributed by atoms with Gasteiger partial charge in [-0.05, 0) is 50.1 Å². The summed E-state index contributed by atoms with van der Waals surface area (Å²) in [7, 11) is 3.19. The zero-order valence-corrected chi connectivity index (χ0v) is 18.2. The predicted molar refractivity (Wildman–Crippen MR) is 117 cm³/mol. The molecule has 0 spiro atoms. The number of amides is 1. The normalized spacial score (nSPS) is 11.0. The van der Waals surface area contributed by atoms with Crippen molar-refractivity contribution in [1.82, 2.24) is 9.72 Å². The highest BCUT2D eigenvalue weighted by Crippen LogP contribution is 2.30. The first-order chi connectivity index (χ1) is 14.8. The van der Waals surface area contributed by atoms with E-state index in [-0.39, 0.29) is 11.5 Å². The van der Waals surface area contributed by atoms with E-state index in [1.54, 1.807) is 45.5 Å². The number of aromatic nitrogens is 2. The van der Waals surface area contributed by atoms with Crippen molar-refractivity contribution in [3.8, 4) is 11.5 Å². The quantitative estimate of drug-likeness (QED) is 0.584. The van der Waals surface area contributed by atoms with Crippen LogP contribution in [0.4, 0.5) is 5.69 Å². The van der Waals surface area contributed by atoms with Crippen molar-refractivity contribution in [3.05, 3.63) is 75.0 Å². The minimum absolute atomic E-state index is 0.130. The molecule has 3 aromatic rings. The molecule has 0 unspecified atom stereocenters. The van der Waals surface area contributed by atoms with Gasteiger partial charge in [0.2, 0.25) is 5.91 Å². The van der Waals surface area contributed by atoms with Gasteiger partial charge in [0.05, 0.1) is 24.1 Å². The Morgan fingerprint density at radius 3 is 2.68 bits per heavy atom. The van der Waals surface area contributed by atoms with Crippen molar-refractivity contribution in [2.24, 2.45) is 7.05 Å². The van der Waals surface area contributed by atoms with E-state index in [1.807, 2.05) is 19.9 Å². The lowest BCUT2D eigenvalue weighted by molar-refractivity contribution is -0.111. The van der Waals surface area contributed by atoms with Gasteiger partial charge in [0.25, 0.3) is 5.56 Å². The van der Waals surface area contributed by atoms with Crippen LogP contribution in [0.1, 0.15) is 28.1 Å². The Labute approximate surface area is 180 Å². The van der Waals surface area contributed by atoms with Gasteiger partial charge in [0.15, 0.2) is 11.5 Å². The molecular weight excluding hydrogens is 398 g/mol. The highest BCUT2D eigenvalue weighted by Gasteiger charge is 2.12. The van der Waals surface area contributed by atoms with Crippen molar-refractivity contribution < 1.29 is 18.8 Å². The number of methoxy groups -OCH3 is 1. The van der Waals surface area contributed by atoms with Gasteiger partial charge in [-0.15, -0.1) is 0 Å². The Kier molecular flexibility index (Phi) is 6.59. The molecule has 162 valence electrons. The molecule has 0 atom stereocenters. The van der Waals surface area contributed by atoms with E-state index in [1.165, 1.54) is 16.7 Å². The van der Waals surface area contributed by atoms with Gasteiger partial charge in [-0.3, -0.25) is 9.59 Å². The molecule has 0 saturated heterocycles. The second kappa shape index (κ2) is 9.34. The third-order valence-electron chi connectivity index (χ3n) is 4.86. The van der Waals surface area contributed by atoms with Crippen molar-refractivity contribution >= 4 is 17.7 Å². The van der Waals surface area contributed by atoms with Gasteiger partial charge in [-0.25, -0.2) is 0 Å². The summed E-state index contributed by atoms with van der Waals surface area (Å²) in [5.41, 5.74) is 3.61. The number of nitrogens with zero attached hydrogens (tertiary/aromatic N) is 2. The number of carbonyl (C=O) groups excluding carboxylic acids is 1. The highest BCUT2D eigenvalue weighted by molar-refractivity contribution is 6.02. The first-order valence-corrected chi connectivity index (χ1v) is 9.67. The van der Waals surface area contributed by atoms with Crippen LogP contribution in [-0.4, -0.2) is 22.7 Å². The van der Waals surface area contributed by atoms with Crippen LogP contribution in [0.2, 0.25) is 0 Å². The van der Waals surface area contributed by atoms with Crippen LogP contribution in [0.15, 0.2) is 45.9 Å². The SMILES string of the molecule is COc1cc(C=CC(=O)Nc2cn(C)c(=O)cc2C)ccc1OCc1c(C)noc1C. The van der Waals surface area contributed by atoms with Crippen LogP contribution in [0.25, 0.3) is 6.08 Å². The van der Waals surface area contributed by atoms with Gasteiger partial charge < -0.3 is 23.9 Å². The van der Waals surface area contributed by atoms with Crippen LogP contribution < -0.4 is 20.3 Å². The van der Waals surface area contributed by atoms with Gasteiger partial charge >= 0.3 is 0 Å². The summed E-state index contributed by atoms with van der Waals surface area (Å²) in [6, 6.07) is 6.87. The summed E-state index contributed by atoms with van der Waals surface area (Å²) in [4.78, 5) is 23.9. The Morgan fingerprint density at radius 2 is 2.00 bits per heavy atom. The van der Waals surface area contributed by atoms with Crippen LogP contribution in [-0.2, 0) is 18.4 Å². The van der Waals surface area contributed by atoms with Crippen molar-refractivity contribution in [1.29, 1.82) is 0 Å². The lowest BCUT2D eigenvalue weighted by Gasteiger charge is -2.11. The highest BCUT2D eigenvalue weighted by atomic mass is 16.5. The fourth-order valence-corrected chi connectivity index (χ4v) is 2.97. The molecule has 1 amide bonds. The molecule has 0 radical (unpaired) electrons. The van der Waals surface area contributed by atoms with Crippen molar-refractivity contribution in [2.45, 2.75) is 27.4 Å². The molecule has 1 N–H and O–H groups in total. The monoisotopic (exact) mass is 423 g/mol. The summed E-state index contributed by atoms with van der Waals surface area (Å²) < 4.78 is 17.9. The molecule has 0 aliphatic rings. The third-order valence-corrected chi connectivity index (χ3v) is 4.86. The van der Waals surface area contributed by atoms with Gasteiger partial charge in [-0.1, -0.05) is 11.2 Å². The molecule has 0 saturated carbocycles. The summed E-state index contributed by atoms with van der Waals surface area (Å²) >= 11 is 0. The molecule has 8 heteroatoms. The Hall–Kier alpha value is -3.81. The van der Waals surface area contributed by atoms with Crippen molar-refractivity contribution in [3.63, 3.8) is 0 Å². The predicted octanol–water partition coefficient (Wildman–Crippen LogP) is 3.54. The van der Waals surface area contributed by atoms with Crippen LogP contribution in [0.3, 0.4) is 0 Å². The third kappa shape index (κ3) is 5.22. The second-order valence-corrected chi connectivity index (χ2v) is 7.14. The topological polar surface area (TPSA) is 95.6 Å². The van der Waals surface area contributed by atoms with E-state index in [0.29, 0.717) is 29.4 Å². The van der Waals surface area contributed by atoms with E-state index in [0.717, 1.165) is 22.6 Å². The number of aryl methyl sites for hydroxylation is 4. The fraction of sp³-hybridized carbons (Fsp3) is 0.261. The number of hydrogen-bond donors (Lipinski definition) is 1. The van der Waals surface area contributed by atoms with Gasteiger partial charge in [-0.2, -0.15) is 0 Å². The minimum atomic E-state index is -0.306. The Bertz CT molecular complexity index is 1170. The Morgan fingerprint density at radius 1 is 1.23 bits per heavy atom. The van der Waals surface area contributed by atoms with E-state index < -0.39 is 0 Å². The standard InChI is InChI=1S/C23H25N3O5/c1-14-10-23(28)26(4)12-19(14)24-22(27)9-7-17-6-8-20(21(11-17)29-5)30-13-18-15(2)25-31-16(18)3/h6-12H,13H2,1-5H3,(H,24,27). The largest absolute Gasteiger partial charge is 0.493 e. The maximum absolute atomic E-state index is 12.3. The molecule has 2 aromatic heterocycles. The number of ether oxygens (including phenoxy) is 2. The zero-order valence-electron chi connectivity index (χ0n) is 18.2. The molecule has 2 heterocycles. The summed E-state index contributed by atoms with van der Waals surface area (Å²) in [5.74, 6) is 1.53. The maximum atomic E-state index is 12.3. The molecule has 3 rings (SSSR count). The van der Waals surface area contributed by atoms with Crippen LogP contribution in [0, 0.1) is 20.8 Å². The summed E-state index contributed by atoms with van der Waals surface area (Å²) in [6.45, 7) is 5.79. The second-order valence-electron chi connectivity index (χ2n) is 7.14. The number of benzene rings is 1. The van der Waals surface area contributed by atoms with E-state index in [4.69, 9.17) is 14.0 Å². The summed E-state index contributed by atoms with van der Waals surface area (Å²) in [5, 5.41) is 6.70. The first kappa shape index (κ1) is 21.9. The lowest BCUT2D eigenvalue weighted by Crippen LogP contribution is -2.18. The molecule has 0 aliphatic carbocycles. The molecule has 0 bridgehead atoms. The van der Waals surface area contributed by atoms with E-state index >= 15 is 0 Å². The lowest BCUT2D eigenvalue weighted by atomic mass is 10.1. The molecule has 8 nitrogen and oxygen atoms in total. The van der Waals surface area contributed by atoms with Crippen molar-refractivity contribution in [2.75, 3.05) is 12.4 Å². The maximum Gasteiger partial charge on any atom is 0.250 e. The fourth-order valence-electron chi connectivity index (χ4n) is 2.97. The van der Waals surface area contributed by atoms with Crippen LogP contribution in [0.5, 0.6) is 11.5 Å². The van der Waals surface area contributed by atoms with E-state index in [9.17, 15) is 9.59 Å². The number of rotatable bonds is 7. The molecular formula is C23H25N3O5. The van der Waals surface area contributed by atoms with Crippen LogP contribution >= 0.6 is 0 Å². The van der Waals surface area contributed by atoms with Gasteiger partial charge in [0.1, 0.15) is 12.4 Å². The number of pyridine rings is 1. The number of carbonyl (C=O) groups is 1. The number of nitrogens with one attached hydrogen (secondary N) is 1. The molecule has 0 fully saturated rings. The Balaban J connectivity index is 1.69. The number of hydrogen-bond acceptors (Lipinski definition) is 6. The minimum Gasteiger partial charge on any atom is -0.493 e. The average molecular weight is 423 g/mol. The number of anilines is 1. The molecule has 31 heavy (non-hydrogen) atoms. The summed E-state index contributed by atoms with van der Waals surface area (Å²) in [6.07, 6.45) is 4.69. The first-order valence-electron chi connectivity index (χ1n) is 9.67. The average Bonchev–Trinajstić information content (AvgIpc) is 3.06. The van der Waals surface area contributed by atoms with E-state index in [2.05, 4.69) is 10.5 Å². The molecule has 0 aliphatic heterocycles. The smallest absolute Gasteiger partial charge is 0.250 e. The molecule has 1 aromatic carbocycles. The zero-order chi connectivity index (χ0) is 22.5.